The maximum absolute atomic E-state index is 13.6. The second-order valence-electron chi connectivity index (χ2n) is 8.40. The van der Waals surface area contributed by atoms with Gasteiger partial charge in [0.1, 0.15) is 5.75 Å². The van der Waals surface area contributed by atoms with Gasteiger partial charge in [-0.3, -0.25) is 4.98 Å². The van der Waals surface area contributed by atoms with E-state index in [4.69, 9.17) is 14.6 Å². The summed E-state index contributed by atoms with van der Waals surface area (Å²) in [5.41, 5.74) is -1.95. The number of carboxylic acids is 1. The molecule has 3 aromatic rings. The van der Waals surface area contributed by atoms with E-state index in [2.05, 4.69) is 15.6 Å². The summed E-state index contributed by atoms with van der Waals surface area (Å²) < 4.78 is 117. The highest BCUT2D eigenvalue weighted by Gasteiger charge is 2.39. The highest BCUT2D eigenvalue weighted by Crippen LogP contribution is 2.36. The van der Waals surface area contributed by atoms with Crippen LogP contribution in [0, 0.1) is 0 Å². The maximum Gasteiger partial charge on any atom is 0.490 e. The minimum Gasteiger partial charge on any atom is -0.497 e. The molecule has 2 amide bonds. The molecule has 16 heteroatoms. The number of aliphatic carboxylic acids is 1. The molecule has 2 aromatic carbocycles. The number of pyridine rings is 1. The Bertz CT molecular complexity index is 1340. The number of amides is 2. The summed E-state index contributed by atoms with van der Waals surface area (Å²) in [7, 11) is 1.50. The van der Waals surface area contributed by atoms with Crippen LogP contribution in [-0.4, -0.2) is 35.4 Å². The fourth-order valence-electron chi connectivity index (χ4n) is 3.41. The van der Waals surface area contributed by atoms with Crippen LogP contribution in [0.1, 0.15) is 47.0 Å². The lowest BCUT2D eigenvalue weighted by Crippen LogP contribution is -2.40. The molecule has 0 aliphatic carbocycles. The molecule has 1 heterocycles. The Morgan fingerprint density at radius 2 is 1.33 bits per heavy atom. The molecule has 3 N–H and O–H groups in total. The van der Waals surface area contributed by atoms with E-state index < -0.39 is 59.4 Å². The fourth-order valence-corrected chi connectivity index (χ4v) is 3.41. The second kappa shape index (κ2) is 13.4. The normalized spacial score (nSPS) is 13.2. The molecule has 0 spiro atoms. The number of benzene rings is 2. The van der Waals surface area contributed by atoms with E-state index in [9.17, 15) is 44.3 Å². The van der Waals surface area contributed by atoms with Gasteiger partial charge in [-0.1, -0.05) is 24.3 Å². The summed E-state index contributed by atoms with van der Waals surface area (Å²) in [6.07, 6.45) is -13.4. The first-order valence-electron chi connectivity index (χ1n) is 11.5. The Morgan fingerprint density at radius 3 is 1.79 bits per heavy atom. The fraction of sp³-hybridized carbons (Fsp3) is 0.269. The van der Waals surface area contributed by atoms with Crippen molar-refractivity contribution in [2.24, 2.45) is 0 Å². The Labute approximate surface area is 232 Å². The number of nitrogens with zero attached hydrogens (tertiary/aromatic N) is 1. The van der Waals surface area contributed by atoms with Gasteiger partial charge in [0.05, 0.1) is 36.0 Å². The van der Waals surface area contributed by atoms with Crippen LogP contribution in [0.5, 0.6) is 5.75 Å². The molecule has 7 nitrogen and oxygen atoms in total. The van der Waals surface area contributed by atoms with Gasteiger partial charge < -0.3 is 20.5 Å². The van der Waals surface area contributed by atoms with E-state index in [0.29, 0.717) is 11.3 Å². The molecule has 42 heavy (non-hydrogen) atoms. The van der Waals surface area contributed by atoms with Crippen molar-refractivity contribution < 1.29 is 58.9 Å². The van der Waals surface area contributed by atoms with Crippen LogP contribution >= 0.6 is 0 Å². The monoisotopic (exact) mass is 611 g/mol. The number of rotatable bonds is 6. The Morgan fingerprint density at radius 1 is 0.810 bits per heavy atom. The highest BCUT2D eigenvalue weighted by atomic mass is 19.4. The van der Waals surface area contributed by atoms with Crippen molar-refractivity contribution in [3.8, 4) is 5.75 Å². The van der Waals surface area contributed by atoms with Gasteiger partial charge >= 0.3 is 30.5 Å². The zero-order valence-electron chi connectivity index (χ0n) is 21.5. The molecule has 228 valence electrons. The summed E-state index contributed by atoms with van der Waals surface area (Å²) in [4.78, 5) is 25.5. The number of carbonyl (C=O) groups is 2. The minimum absolute atomic E-state index is 0.00514. The van der Waals surface area contributed by atoms with Crippen LogP contribution in [0.3, 0.4) is 0 Å². The van der Waals surface area contributed by atoms with E-state index in [1.807, 2.05) is 0 Å². The molecule has 0 aliphatic rings. The third-order valence-corrected chi connectivity index (χ3v) is 5.47. The summed E-state index contributed by atoms with van der Waals surface area (Å²) in [5, 5.41) is 12.2. The van der Waals surface area contributed by atoms with Gasteiger partial charge in [0, 0.05) is 6.20 Å². The average Bonchev–Trinajstić information content (AvgIpc) is 2.90. The van der Waals surface area contributed by atoms with E-state index in [0.717, 1.165) is 42.6 Å². The number of nitrogens with one attached hydrogen (secondary N) is 2. The van der Waals surface area contributed by atoms with Gasteiger partial charge in [0.2, 0.25) is 0 Å². The summed E-state index contributed by atoms with van der Waals surface area (Å²) in [6.45, 7) is 1.66. The predicted octanol–water partition coefficient (Wildman–Crippen LogP) is 6.91. The topological polar surface area (TPSA) is 101 Å². The third kappa shape index (κ3) is 9.55. The van der Waals surface area contributed by atoms with Crippen LogP contribution < -0.4 is 15.4 Å². The molecule has 0 saturated carbocycles. The Kier molecular flexibility index (Phi) is 10.8. The highest BCUT2D eigenvalue weighted by molar-refractivity contribution is 5.75. The van der Waals surface area contributed by atoms with E-state index >= 15 is 0 Å². The Balaban J connectivity index is 0.000000782. The molecule has 0 radical (unpaired) electrons. The minimum atomic E-state index is -5.08. The number of alkyl halides is 9. The van der Waals surface area contributed by atoms with Crippen LogP contribution in [0.4, 0.5) is 44.3 Å². The lowest BCUT2D eigenvalue weighted by molar-refractivity contribution is -0.192. The van der Waals surface area contributed by atoms with E-state index in [-0.39, 0.29) is 5.56 Å². The lowest BCUT2D eigenvalue weighted by atomic mass is 9.98. The standard InChI is InChI=1S/C24H21F6N3O2.C2HF3O2/c1-14(15-7-11-18(35-2)12-8-15)32-22(34)33-20(16-5-9-17(10-6-16)23(25,26)27)21-19(24(28,29)30)4-3-13-31-21;3-2(4,5)1(6)7/h3-14,20H,1-2H3,(H2,32,33,34);(H,6,7)/t14-,20-;/m0./s1. The van der Waals surface area contributed by atoms with Gasteiger partial charge in [0.25, 0.3) is 0 Å². The van der Waals surface area contributed by atoms with Crippen molar-refractivity contribution in [1.29, 1.82) is 0 Å². The van der Waals surface area contributed by atoms with Gasteiger partial charge in [-0.05, 0) is 54.4 Å². The molecule has 1 aromatic heterocycles. The number of halogens is 9. The number of aromatic nitrogens is 1. The third-order valence-electron chi connectivity index (χ3n) is 5.47. The van der Waals surface area contributed by atoms with E-state index in [1.165, 1.54) is 7.11 Å². The number of hydrogen-bond donors (Lipinski definition) is 3. The lowest BCUT2D eigenvalue weighted by Gasteiger charge is -2.24. The largest absolute Gasteiger partial charge is 0.497 e. The number of carbonyl (C=O) groups excluding carboxylic acids is 1. The van der Waals surface area contributed by atoms with Gasteiger partial charge in [-0.25, -0.2) is 9.59 Å². The molecule has 0 saturated heterocycles. The quantitative estimate of drug-likeness (QED) is 0.263. The summed E-state index contributed by atoms with van der Waals surface area (Å²) >= 11 is 0. The van der Waals surface area contributed by atoms with Crippen molar-refractivity contribution in [3.63, 3.8) is 0 Å². The van der Waals surface area contributed by atoms with Gasteiger partial charge in [-0.2, -0.15) is 39.5 Å². The predicted molar refractivity (Wildman–Crippen MR) is 129 cm³/mol. The van der Waals surface area contributed by atoms with Crippen molar-refractivity contribution in [3.05, 3.63) is 94.8 Å². The molecular weight excluding hydrogens is 589 g/mol. The first kappa shape index (κ1) is 33.7. The van der Waals surface area contributed by atoms with Crippen LogP contribution in [-0.2, 0) is 17.1 Å². The molecule has 0 bridgehead atoms. The second-order valence-corrected chi connectivity index (χ2v) is 8.40. The molecular formula is C26H22F9N3O4. The first-order valence-corrected chi connectivity index (χ1v) is 11.5. The molecule has 0 fully saturated rings. The zero-order valence-corrected chi connectivity index (χ0v) is 21.5. The zero-order chi connectivity index (χ0) is 31.9. The van der Waals surface area contributed by atoms with Crippen LogP contribution in [0.2, 0.25) is 0 Å². The van der Waals surface area contributed by atoms with E-state index in [1.54, 1.807) is 31.2 Å². The van der Waals surface area contributed by atoms with Crippen molar-refractivity contribution in [2.75, 3.05) is 7.11 Å². The maximum atomic E-state index is 13.6. The summed E-state index contributed by atoms with van der Waals surface area (Å²) in [5.74, 6) is -2.16. The number of methoxy groups -OCH3 is 1. The van der Waals surface area contributed by atoms with Gasteiger partial charge in [0.15, 0.2) is 0 Å². The molecule has 0 aliphatic heterocycles. The van der Waals surface area contributed by atoms with Gasteiger partial charge in [-0.15, -0.1) is 0 Å². The van der Waals surface area contributed by atoms with Crippen molar-refractivity contribution in [2.45, 2.75) is 37.5 Å². The Hall–Kier alpha value is -4.50. The number of ether oxygens (including phenoxy) is 1. The smallest absolute Gasteiger partial charge is 0.490 e. The van der Waals surface area contributed by atoms with Crippen LogP contribution in [0.25, 0.3) is 0 Å². The average molecular weight is 611 g/mol. The molecule has 2 atom stereocenters. The summed E-state index contributed by atoms with van der Waals surface area (Å²) in [6, 6.07) is 9.28. The van der Waals surface area contributed by atoms with Crippen molar-refractivity contribution >= 4 is 12.0 Å². The van der Waals surface area contributed by atoms with Crippen LogP contribution in [0.15, 0.2) is 66.9 Å². The number of hydrogen-bond acceptors (Lipinski definition) is 4. The molecule has 3 rings (SSSR count). The number of urea groups is 1. The van der Waals surface area contributed by atoms with Crippen molar-refractivity contribution in [1.82, 2.24) is 15.6 Å². The SMILES string of the molecule is COc1ccc([C@H](C)NC(=O)N[C@@H](c2ccc(C(F)(F)F)cc2)c2ncccc2C(F)(F)F)cc1.O=C(O)C(F)(F)F. The number of carboxylic acid groups (broad SMARTS) is 1. The first-order chi connectivity index (χ1) is 19.3. The molecule has 0 unspecified atom stereocenters.